The molecule has 2 heterocycles. The fourth-order valence-corrected chi connectivity index (χ4v) is 3.87. The van der Waals surface area contributed by atoms with Crippen LogP contribution in [0.25, 0.3) is 0 Å². The van der Waals surface area contributed by atoms with Crippen molar-refractivity contribution in [3.63, 3.8) is 0 Å². The summed E-state index contributed by atoms with van der Waals surface area (Å²) in [5.74, 6) is 0.384. The van der Waals surface area contributed by atoms with Crippen molar-refractivity contribution in [2.75, 3.05) is 38.0 Å². The van der Waals surface area contributed by atoms with Crippen LogP contribution in [0.5, 0.6) is 0 Å². The smallest absolute Gasteiger partial charge is 0.225 e. The number of carbonyl (C=O) groups is 2. The molecule has 2 fully saturated rings. The molecule has 142 valence electrons. The molecule has 0 aromatic heterocycles. The van der Waals surface area contributed by atoms with Crippen molar-refractivity contribution >= 4 is 17.5 Å². The maximum absolute atomic E-state index is 13.6. The number of likely N-dealkylation sites (tertiary alicyclic amines) is 2. The summed E-state index contributed by atoms with van der Waals surface area (Å²) in [6.07, 6.45) is 4.32. The van der Waals surface area contributed by atoms with Gasteiger partial charge in [0.05, 0.1) is 0 Å². The van der Waals surface area contributed by atoms with E-state index in [2.05, 4.69) is 10.2 Å². The summed E-state index contributed by atoms with van der Waals surface area (Å²) < 4.78 is 13.6. The Bertz CT molecular complexity index is 664. The van der Waals surface area contributed by atoms with E-state index in [0.29, 0.717) is 36.6 Å². The number of rotatable bonds is 6. The van der Waals surface area contributed by atoms with E-state index < -0.39 is 0 Å². The highest BCUT2D eigenvalue weighted by atomic mass is 19.1. The monoisotopic (exact) mass is 361 g/mol. The van der Waals surface area contributed by atoms with E-state index in [9.17, 15) is 14.0 Å². The van der Waals surface area contributed by atoms with Crippen LogP contribution in [-0.2, 0) is 9.59 Å². The molecule has 3 rings (SSSR count). The molecular formula is C20H28FN3O2. The van der Waals surface area contributed by atoms with Gasteiger partial charge in [-0.15, -0.1) is 0 Å². The average molecular weight is 361 g/mol. The number of piperidine rings is 1. The minimum Gasteiger partial charge on any atom is -0.342 e. The molecule has 2 aliphatic rings. The molecule has 0 aliphatic carbocycles. The van der Waals surface area contributed by atoms with Crippen molar-refractivity contribution in [2.45, 2.75) is 39.0 Å². The molecule has 2 saturated heterocycles. The lowest BCUT2D eigenvalue weighted by Crippen LogP contribution is -2.42. The zero-order chi connectivity index (χ0) is 18.5. The van der Waals surface area contributed by atoms with Crippen molar-refractivity contribution in [3.05, 3.63) is 29.6 Å². The molecule has 1 atom stereocenters. The van der Waals surface area contributed by atoms with E-state index in [1.54, 1.807) is 19.1 Å². The average Bonchev–Trinajstić information content (AvgIpc) is 3.02. The molecular weight excluding hydrogens is 333 g/mol. The van der Waals surface area contributed by atoms with Crippen LogP contribution in [0, 0.1) is 18.7 Å². The third kappa shape index (κ3) is 5.04. The number of anilines is 1. The van der Waals surface area contributed by atoms with E-state index in [4.69, 9.17) is 0 Å². The fraction of sp³-hybridized carbons (Fsp3) is 0.600. The summed E-state index contributed by atoms with van der Waals surface area (Å²) in [4.78, 5) is 28.2. The predicted molar refractivity (Wildman–Crippen MR) is 99.4 cm³/mol. The van der Waals surface area contributed by atoms with Gasteiger partial charge in [-0.1, -0.05) is 6.07 Å². The second-order valence-corrected chi connectivity index (χ2v) is 7.51. The second-order valence-electron chi connectivity index (χ2n) is 7.51. The lowest BCUT2D eigenvalue weighted by atomic mass is 9.97. The van der Waals surface area contributed by atoms with Crippen LogP contribution in [0.4, 0.5) is 10.1 Å². The summed E-state index contributed by atoms with van der Waals surface area (Å²) in [5.41, 5.74) is 1.07. The van der Waals surface area contributed by atoms with Gasteiger partial charge in [0.25, 0.3) is 0 Å². The third-order valence-corrected chi connectivity index (χ3v) is 5.36. The predicted octanol–water partition coefficient (Wildman–Crippen LogP) is 2.80. The number of aryl methyl sites for hydroxylation is 1. The molecule has 1 aromatic rings. The Hall–Kier alpha value is -1.95. The molecule has 0 spiro atoms. The number of carbonyl (C=O) groups excluding carboxylic acids is 2. The molecule has 0 bridgehead atoms. The molecule has 2 aliphatic heterocycles. The largest absolute Gasteiger partial charge is 0.342 e. The summed E-state index contributed by atoms with van der Waals surface area (Å²) in [6, 6.07) is 4.75. The first kappa shape index (κ1) is 18.8. The van der Waals surface area contributed by atoms with Crippen LogP contribution >= 0.6 is 0 Å². The molecule has 1 aromatic carbocycles. The Morgan fingerprint density at radius 3 is 2.88 bits per heavy atom. The number of nitrogens with zero attached hydrogens (tertiary/aromatic N) is 2. The van der Waals surface area contributed by atoms with Gasteiger partial charge in [0.1, 0.15) is 5.82 Å². The fourth-order valence-electron chi connectivity index (χ4n) is 3.87. The second kappa shape index (κ2) is 8.62. The Labute approximate surface area is 154 Å². The van der Waals surface area contributed by atoms with E-state index in [1.165, 1.54) is 6.07 Å². The number of amides is 2. The number of hydrogen-bond donors (Lipinski definition) is 1. The molecule has 0 radical (unpaired) electrons. The van der Waals surface area contributed by atoms with Crippen molar-refractivity contribution in [1.29, 1.82) is 0 Å². The Morgan fingerprint density at radius 2 is 2.15 bits per heavy atom. The maximum atomic E-state index is 13.6. The molecule has 5 nitrogen and oxygen atoms in total. The lowest BCUT2D eigenvalue weighted by molar-refractivity contribution is -0.128. The summed E-state index contributed by atoms with van der Waals surface area (Å²) in [5, 5.41) is 2.77. The maximum Gasteiger partial charge on any atom is 0.225 e. The summed E-state index contributed by atoms with van der Waals surface area (Å²) in [6.45, 7) is 6.08. The molecule has 6 heteroatoms. The first-order valence-corrected chi connectivity index (χ1v) is 9.57. The number of halogens is 1. The van der Waals surface area contributed by atoms with E-state index in [1.807, 2.05) is 4.90 Å². The highest BCUT2D eigenvalue weighted by Crippen LogP contribution is 2.21. The molecule has 0 saturated carbocycles. The highest BCUT2D eigenvalue weighted by Gasteiger charge is 2.26. The topological polar surface area (TPSA) is 52.7 Å². The van der Waals surface area contributed by atoms with Gasteiger partial charge in [-0.05, 0) is 56.3 Å². The number of benzene rings is 1. The SMILES string of the molecule is Cc1ccc(NC(=O)CCN2CCC[C@@H](CN3CCCC3=O)C2)cc1F. The molecule has 0 unspecified atom stereocenters. The van der Waals surface area contributed by atoms with Gasteiger partial charge in [0.15, 0.2) is 0 Å². The normalized spacial score (nSPS) is 21.2. The first-order valence-electron chi connectivity index (χ1n) is 9.57. The minimum absolute atomic E-state index is 0.0925. The van der Waals surface area contributed by atoms with Crippen LogP contribution in [-0.4, -0.2) is 54.3 Å². The van der Waals surface area contributed by atoms with Gasteiger partial charge in [0.2, 0.25) is 11.8 Å². The van der Waals surface area contributed by atoms with Gasteiger partial charge >= 0.3 is 0 Å². The van der Waals surface area contributed by atoms with Crippen molar-refractivity contribution in [3.8, 4) is 0 Å². The quantitative estimate of drug-likeness (QED) is 0.848. The van der Waals surface area contributed by atoms with Crippen LogP contribution in [0.1, 0.15) is 37.7 Å². The van der Waals surface area contributed by atoms with Crippen molar-refractivity contribution in [1.82, 2.24) is 9.80 Å². The molecule has 26 heavy (non-hydrogen) atoms. The van der Waals surface area contributed by atoms with Crippen molar-refractivity contribution in [2.24, 2.45) is 5.92 Å². The van der Waals surface area contributed by atoms with E-state index in [-0.39, 0.29) is 17.6 Å². The Morgan fingerprint density at radius 1 is 1.31 bits per heavy atom. The third-order valence-electron chi connectivity index (χ3n) is 5.36. The van der Waals surface area contributed by atoms with Crippen LogP contribution in [0.2, 0.25) is 0 Å². The number of nitrogens with one attached hydrogen (secondary N) is 1. The Balaban J connectivity index is 1.42. The molecule has 2 amide bonds. The van der Waals surface area contributed by atoms with Crippen LogP contribution < -0.4 is 5.32 Å². The van der Waals surface area contributed by atoms with Gasteiger partial charge < -0.3 is 15.1 Å². The number of hydrogen-bond acceptors (Lipinski definition) is 3. The highest BCUT2D eigenvalue weighted by molar-refractivity contribution is 5.90. The van der Waals surface area contributed by atoms with Crippen LogP contribution in [0.15, 0.2) is 18.2 Å². The van der Waals surface area contributed by atoms with Gasteiger partial charge in [0, 0.05) is 44.7 Å². The van der Waals surface area contributed by atoms with E-state index in [0.717, 1.165) is 45.4 Å². The molecule has 1 N–H and O–H groups in total. The lowest BCUT2D eigenvalue weighted by Gasteiger charge is -2.34. The zero-order valence-corrected chi connectivity index (χ0v) is 15.5. The zero-order valence-electron chi connectivity index (χ0n) is 15.5. The Kier molecular flexibility index (Phi) is 6.25. The van der Waals surface area contributed by atoms with Crippen LogP contribution in [0.3, 0.4) is 0 Å². The van der Waals surface area contributed by atoms with E-state index >= 15 is 0 Å². The minimum atomic E-state index is -0.307. The summed E-state index contributed by atoms with van der Waals surface area (Å²) in [7, 11) is 0. The van der Waals surface area contributed by atoms with Crippen molar-refractivity contribution < 1.29 is 14.0 Å². The van der Waals surface area contributed by atoms with Gasteiger partial charge in [-0.2, -0.15) is 0 Å². The summed E-state index contributed by atoms with van der Waals surface area (Å²) >= 11 is 0. The standard InChI is InChI=1S/C20H28FN3O2/c1-15-6-7-17(12-18(15)21)22-19(25)8-11-23-9-2-4-16(13-23)14-24-10-3-5-20(24)26/h6-7,12,16H,2-5,8-11,13-14H2,1H3,(H,22,25)/t16-/m1/s1. The van der Waals surface area contributed by atoms with Gasteiger partial charge in [-0.3, -0.25) is 9.59 Å². The van der Waals surface area contributed by atoms with Gasteiger partial charge in [-0.25, -0.2) is 4.39 Å². The first-order chi connectivity index (χ1) is 12.5.